The van der Waals surface area contributed by atoms with E-state index in [1.54, 1.807) is 12.1 Å². The zero-order valence-corrected chi connectivity index (χ0v) is 13.7. The predicted octanol–water partition coefficient (Wildman–Crippen LogP) is 3.39. The third kappa shape index (κ3) is 4.74. The predicted molar refractivity (Wildman–Crippen MR) is 95.9 cm³/mol. The maximum Gasteiger partial charge on any atom is 0.171 e. The van der Waals surface area contributed by atoms with Crippen molar-refractivity contribution in [1.29, 1.82) is 0 Å². The van der Waals surface area contributed by atoms with Crippen molar-refractivity contribution in [1.82, 2.24) is 10.2 Å². The summed E-state index contributed by atoms with van der Waals surface area (Å²) < 4.78 is 13.2. The van der Waals surface area contributed by atoms with Crippen molar-refractivity contribution in [2.45, 2.75) is 19.0 Å². The summed E-state index contributed by atoms with van der Waals surface area (Å²) in [7, 11) is 0. The number of anilines is 1. The van der Waals surface area contributed by atoms with Gasteiger partial charge in [0.2, 0.25) is 0 Å². The lowest BCUT2D eigenvalue weighted by molar-refractivity contribution is 0.324. The highest BCUT2D eigenvalue weighted by Crippen LogP contribution is 2.14. The number of nitrogens with one attached hydrogen (secondary N) is 2. The first-order valence-electron chi connectivity index (χ1n) is 7.78. The molecule has 3 rings (SSSR count). The largest absolute Gasteiger partial charge is 0.358 e. The number of hydrogen-bond donors (Lipinski definition) is 2. The molecule has 0 saturated carbocycles. The average Bonchev–Trinajstić information content (AvgIpc) is 2.95. The van der Waals surface area contributed by atoms with Crippen LogP contribution in [0, 0.1) is 5.82 Å². The van der Waals surface area contributed by atoms with Gasteiger partial charge in [0.25, 0.3) is 0 Å². The lowest BCUT2D eigenvalue weighted by Crippen LogP contribution is -2.39. The molecular weight excluding hydrogens is 309 g/mol. The summed E-state index contributed by atoms with van der Waals surface area (Å²) in [4.78, 5) is 2.41. The molecule has 1 atom stereocenters. The van der Waals surface area contributed by atoms with E-state index in [1.807, 2.05) is 6.07 Å². The van der Waals surface area contributed by atoms with Crippen LogP contribution in [0.5, 0.6) is 0 Å². The third-order valence-corrected chi connectivity index (χ3v) is 4.16. The van der Waals surface area contributed by atoms with Gasteiger partial charge in [0.05, 0.1) is 0 Å². The van der Waals surface area contributed by atoms with E-state index in [0.29, 0.717) is 16.8 Å². The monoisotopic (exact) mass is 329 g/mol. The molecule has 0 radical (unpaired) electrons. The molecule has 120 valence electrons. The van der Waals surface area contributed by atoms with Gasteiger partial charge in [-0.3, -0.25) is 4.90 Å². The second kappa shape index (κ2) is 7.53. The van der Waals surface area contributed by atoms with Crippen LogP contribution >= 0.6 is 12.2 Å². The maximum absolute atomic E-state index is 13.2. The minimum Gasteiger partial charge on any atom is -0.358 e. The molecule has 1 fully saturated rings. The Morgan fingerprint density at radius 1 is 1.17 bits per heavy atom. The van der Waals surface area contributed by atoms with Gasteiger partial charge >= 0.3 is 0 Å². The molecule has 3 nitrogen and oxygen atoms in total. The molecular formula is C18H20FN3S. The number of rotatable bonds is 4. The van der Waals surface area contributed by atoms with Gasteiger partial charge in [-0.2, -0.15) is 0 Å². The first-order chi connectivity index (χ1) is 11.2. The SMILES string of the molecule is Fc1cccc(NC(=S)N[C@@H]2CCN(Cc3ccccc3)C2)c1. The molecule has 0 spiro atoms. The summed E-state index contributed by atoms with van der Waals surface area (Å²) in [6.07, 6.45) is 1.05. The van der Waals surface area contributed by atoms with Crippen molar-refractivity contribution in [3.05, 3.63) is 66.0 Å². The Bertz CT molecular complexity index is 662. The Morgan fingerprint density at radius 3 is 2.78 bits per heavy atom. The number of likely N-dealkylation sites (tertiary alicyclic amines) is 1. The molecule has 0 amide bonds. The van der Waals surface area contributed by atoms with Crippen LogP contribution in [0.4, 0.5) is 10.1 Å². The molecule has 0 aliphatic carbocycles. The average molecular weight is 329 g/mol. The molecule has 5 heteroatoms. The second-order valence-corrected chi connectivity index (χ2v) is 6.22. The Hall–Kier alpha value is -1.98. The van der Waals surface area contributed by atoms with Gasteiger partial charge in [0.15, 0.2) is 5.11 Å². The van der Waals surface area contributed by atoms with E-state index in [-0.39, 0.29) is 5.82 Å². The van der Waals surface area contributed by atoms with E-state index in [9.17, 15) is 4.39 Å². The highest BCUT2D eigenvalue weighted by atomic mass is 32.1. The lowest BCUT2D eigenvalue weighted by Gasteiger charge is -2.18. The van der Waals surface area contributed by atoms with Crippen LogP contribution in [0.25, 0.3) is 0 Å². The van der Waals surface area contributed by atoms with Crippen LogP contribution in [-0.2, 0) is 6.54 Å². The third-order valence-electron chi connectivity index (χ3n) is 3.94. The highest BCUT2D eigenvalue weighted by molar-refractivity contribution is 7.80. The summed E-state index contributed by atoms with van der Waals surface area (Å²) in [6.45, 7) is 2.97. The quantitative estimate of drug-likeness (QED) is 0.841. The Kier molecular flexibility index (Phi) is 5.20. The van der Waals surface area contributed by atoms with Gasteiger partial charge in [0, 0.05) is 31.4 Å². The van der Waals surface area contributed by atoms with Crippen LogP contribution in [-0.4, -0.2) is 29.1 Å². The molecule has 2 N–H and O–H groups in total. The molecule has 0 bridgehead atoms. The van der Waals surface area contributed by atoms with Crippen LogP contribution < -0.4 is 10.6 Å². The van der Waals surface area contributed by atoms with Crippen molar-refractivity contribution in [3.8, 4) is 0 Å². The van der Waals surface area contributed by atoms with Gasteiger partial charge in [-0.15, -0.1) is 0 Å². The second-order valence-electron chi connectivity index (χ2n) is 5.82. The first-order valence-corrected chi connectivity index (χ1v) is 8.19. The Balaban J connectivity index is 1.47. The minimum absolute atomic E-state index is 0.271. The molecule has 1 aliphatic rings. The van der Waals surface area contributed by atoms with Gasteiger partial charge in [0.1, 0.15) is 5.82 Å². The van der Waals surface area contributed by atoms with Crippen molar-refractivity contribution in [3.63, 3.8) is 0 Å². The zero-order valence-electron chi connectivity index (χ0n) is 12.8. The van der Waals surface area contributed by atoms with E-state index in [2.05, 4.69) is 39.8 Å². The topological polar surface area (TPSA) is 27.3 Å². The molecule has 0 unspecified atom stereocenters. The van der Waals surface area contributed by atoms with Crippen molar-refractivity contribution in [2.75, 3.05) is 18.4 Å². The fourth-order valence-corrected chi connectivity index (χ4v) is 3.14. The minimum atomic E-state index is -0.271. The van der Waals surface area contributed by atoms with Gasteiger partial charge < -0.3 is 10.6 Å². The molecule has 2 aromatic rings. The first kappa shape index (κ1) is 15.9. The van der Waals surface area contributed by atoms with Crippen LogP contribution in [0.2, 0.25) is 0 Å². The highest BCUT2D eigenvalue weighted by Gasteiger charge is 2.22. The summed E-state index contributed by atoms with van der Waals surface area (Å²) in [5, 5.41) is 6.90. The fourth-order valence-electron chi connectivity index (χ4n) is 2.85. The summed E-state index contributed by atoms with van der Waals surface area (Å²) >= 11 is 5.32. The number of thiocarbonyl (C=S) groups is 1. The molecule has 1 heterocycles. The standard InChI is InChI=1S/C18H20FN3S/c19-15-7-4-8-16(11-15)20-18(23)21-17-9-10-22(13-17)12-14-5-2-1-3-6-14/h1-8,11,17H,9-10,12-13H2,(H2,20,21,23)/t17-/m1/s1. The number of benzene rings is 2. The van der Waals surface area contributed by atoms with Crippen LogP contribution in [0.1, 0.15) is 12.0 Å². The summed E-state index contributed by atoms with van der Waals surface area (Å²) in [6, 6.07) is 17.1. The van der Waals surface area contributed by atoms with E-state index < -0.39 is 0 Å². The van der Waals surface area contributed by atoms with E-state index >= 15 is 0 Å². The van der Waals surface area contributed by atoms with Crippen molar-refractivity contribution in [2.24, 2.45) is 0 Å². The normalized spacial score (nSPS) is 17.9. The van der Waals surface area contributed by atoms with E-state index in [0.717, 1.165) is 26.1 Å². The van der Waals surface area contributed by atoms with Crippen molar-refractivity contribution >= 4 is 23.0 Å². The number of hydrogen-bond acceptors (Lipinski definition) is 2. The molecule has 23 heavy (non-hydrogen) atoms. The Labute approximate surface area is 141 Å². The van der Waals surface area contributed by atoms with E-state index in [1.165, 1.54) is 17.7 Å². The van der Waals surface area contributed by atoms with Gasteiger partial charge in [-0.05, 0) is 42.4 Å². The maximum atomic E-state index is 13.2. The number of halogens is 1. The summed E-state index contributed by atoms with van der Waals surface area (Å²) in [5.41, 5.74) is 2.00. The summed E-state index contributed by atoms with van der Waals surface area (Å²) in [5.74, 6) is -0.271. The number of nitrogens with zero attached hydrogens (tertiary/aromatic N) is 1. The Morgan fingerprint density at radius 2 is 2.00 bits per heavy atom. The molecule has 1 saturated heterocycles. The van der Waals surface area contributed by atoms with Crippen LogP contribution in [0.3, 0.4) is 0 Å². The molecule has 1 aliphatic heterocycles. The van der Waals surface area contributed by atoms with E-state index in [4.69, 9.17) is 12.2 Å². The molecule has 2 aromatic carbocycles. The smallest absolute Gasteiger partial charge is 0.171 e. The van der Waals surface area contributed by atoms with Crippen molar-refractivity contribution < 1.29 is 4.39 Å². The van der Waals surface area contributed by atoms with Crippen LogP contribution in [0.15, 0.2) is 54.6 Å². The molecule has 0 aromatic heterocycles. The zero-order chi connectivity index (χ0) is 16.1. The lowest BCUT2D eigenvalue weighted by atomic mass is 10.2. The van der Waals surface area contributed by atoms with Gasteiger partial charge in [-0.1, -0.05) is 36.4 Å². The fraction of sp³-hybridized carbons (Fsp3) is 0.278. The van der Waals surface area contributed by atoms with Gasteiger partial charge in [-0.25, -0.2) is 4.39 Å².